The highest BCUT2D eigenvalue weighted by Crippen LogP contribution is 2.33. The summed E-state index contributed by atoms with van der Waals surface area (Å²) in [6.07, 6.45) is 0.424. The second-order valence-electron chi connectivity index (χ2n) is 3.64. The fourth-order valence-corrected chi connectivity index (χ4v) is 1.96. The van der Waals surface area contributed by atoms with Crippen LogP contribution in [0.15, 0.2) is 12.1 Å². The molecule has 0 radical (unpaired) electrons. The third-order valence-corrected chi connectivity index (χ3v) is 3.23. The summed E-state index contributed by atoms with van der Waals surface area (Å²) in [4.78, 5) is 0. The minimum Gasteiger partial charge on any atom is -0.391 e. The molecule has 0 aliphatic rings. The lowest BCUT2D eigenvalue weighted by Crippen LogP contribution is -2.27. The molecule has 0 fully saturated rings. The standard InChI is InChI=1S/C11H14Cl2FNO.ClH/c1-2-3-8(16)11(15)9-7(14)5-4-6(12)10(9)13;/h4-5,8,11,16H,2-3,15H2,1H3;1H/t8-,11-;/m0./s1. The Kier molecular flexibility index (Phi) is 7.37. The smallest absolute Gasteiger partial charge is 0.129 e. The van der Waals surface area contributed by atoms with Crippen LogP contribution in [-0.4, -0.2) is 11.2 Å². The van der Waals surface area contributed by atoms with Crippen LogP contribution in [0.1, 0.15) is 31.4 Å². The van der Waals surface area contributed by atoms with E-state index in [2.05, 4.69) is 0 Å². The van der Waals surface area contributed by atoms with Crippen molar-refractivity contribution in [1.29, 1.82) is 0 Å². The van der Waals surface area contributed by atoms with Crippen LogP contribution in [0.5, 0.6) is 0 Å². The third kappa shape index (κ3) is 3.97. The van der Waals surface area contributed by atoms with Crippen molar-refractivity contribution in [2.24, 2.45) is 5.73 Å². The van der Waals surface area contributed by atoms with Gasteiger partial charge in [0.25, 0.3) is 0 Å². The van der Waals surface area contributed by atoms with Crippen molar-refractivity contribution in [3.8, 4) is 0 Å². The maximum Gasteiger partial charge on any atom is 0.129 e. The SMILES string of the molecule is CCC[C@H](O)[C@H](N)c1c(F)ccc(Cl)c1Cl.Cl. The van der Waals surface area contributed by atoms with E-state index in [9.17, 15) is 9.50 Å². The largest absolute Gasteiger partial charge is 0.391 e. The van der Waals surface area contributed by atoms with Gasteiger partial charge in [-0.05, 0) is 18.6 Å². The molecular weight excluding hydrogens is 287 g/mol. The number of halogens is 4. The number of benzene rings is 1. The molecule has 0 amide bonds. The van der Waals surface area contributed by atoms with E-state index in [1.54, 1.807) is 0 Å². The van der Waals surface area contributed by atoms with E-state index in [1.807, 2.05) is 6.92 Å². The first-order valence-corrected chi connectivity index (χ1v) is 5.81. The molecule has 1 aromatic rings. The summed E-state index contributed by atoms with van der Waals surface area (Å²) in [6, 6.07) is 1.70. The molecule has 1 rings (SSSR count). The van der Waals surface area contributed by atoms with Crippen molar-refractivity contribution in [2.75, 3.05) is 0 Å². The van der Waals surface area contributed by atoms with Gasteiger partial charge < -0.3 is 10.8 Å². The van der Waals surface area contributed by atoms with Gasteiger partial charge in [0, 0.05) is 5.56 Å². The first kappa shape index (κ1) is 16.9. The van der Waals surface area contributed by atoms with E-state index >= 15 is 0 Å². The maximum atomic E-state index is 13.5. The maximum absolute atomic E-state index is 13.5. The summed E-state index contributed by atoms with van der Waals surface area (Å²) in [7, 11) is 0. The molecule has 98 valence electrons. The van der Waals surface area contributed by atoms with Gasteiger partial charge in [-0.3, -0.25) is 0 Å². The van der Waals surface area contributed by atoms with Crippen molar-refractivity contribution >= 4 is 35.6 Å². The Labute approximate surface area is 116 Å². The van der Waals surface area contributed by atoms with E-state index in [0.29, 0.717) is 6.42 Å². The monoisotopic (exact) mass is 301 g/mol. The molecule has 2 nitrogen and oxygen atoms in total. The zero-order valence-corrected chi connectivity index (χ0v) is 11.6. The zero-order chi connectivity index (χ0) is 12.3. The predicted molar refractivity (Wildman–Crippen MR) is 71.5 cm³/mol. The van der Waals surface area contributed by atoms with E-state index in [4.69, 9.17) is 28.9 Å². The number of hydrogen-bond acceptors (Lipinski definition) is 2. The van der Waals surface area contributed by atoms with Crippen LogP contribution in [0, 0.1) is 5.82 Å². The Morgan fingerprint density at radius 2 is 2.00 bits per heavy atom. The molecular formula is C11H15Cl3FNO. The Morgan fingerprint density at radius 3 is 2.53 bits per heavy atom. The highest BCUT2D eigenvalue weighted by Gasteiger charge is 2.23. The van der Waals surface area contributed by atoms with E-state index < -0.39 is 18.0 Å². The second-order valence-corrected chi connectivity index (χ2v) is 4.42. The number of rotatable bonds is 4. The normalized spacial score (nSPS) is 14.0. The summed E-state index contributed by atoms with van der Waals surface area (Å²) in [6.45, 7) is 1.91. The van der Waals surface area contributed by atoms with Crippen molar-refractivity contribution in [3.05, 3.63) is 33.6 Å². The number of aliphatic hydroxyl groups is 1. The van der Waals surface area contributed by atoms with Gasteiger partial charge in [0.15, 0.2) is 0 Å². The van der Waals surface area contributed by atoms with Crippen LogP contribution in [0.3, 0.4) is 0 Å². The lowest BCUT2D eigenvalue weighted by molar-refractivity contribution is 0.133. The average molecular weight is 303 g/mol. The molecule has 6 heteroatoms. The number of nitrogens with two attached hydrogens (primary N) is 1. The van der Waals surface area contributed by atoms with Gasteiger partial charge in [-0.1, -0.05) is 36.5 Å². The lowest BCUT2D eigenvalue weighted by Gasteiger charge is -2.20. The first-order chi connectivity index (χ1) is 7.49. The molecule has 0 spiro atoms. The highest BCUT2D eigenvalue weighted by molar-refractivity contribution is 6.42. The molecule has 0 aliphatic heterocycles. The fourth-order valence-electron chi connectivity index (χ4n) is 1.52. The quantitative estimate of drug-likeness (QED) is 0.833. The Morgan fingerprint density at radius 1 is 1.41 bits per heavy atom. The molecule has 0 bridgehead atoms. The topological polar surface area (TPSA) is 46.2 Å². The van der Waals surface area contributed by atoms with Gasteiger partial charge in [-0.15, -0.1) is 12.4 Å². The van der Waals surface area contributed by atoms with Gasteiger partial charge in [0.1, 0.15) is 5.82 Å². The Bertz CT molecular complexity index is 376. The van der Waals surface area contributed by atoms with Crippen molar-refractivity contribution < 1.29 is 9.50 Å². The van der Waals surface area contributed by atoms with Crippen molar-refractivity contribution in [1.82, 2.24) is 0 Å². The minimum atomic E-state index is -0.855. The summed E-state index contributed by atoms with van der Waals surface area (Å²) < 4.78 is 13.5. The van der Waals surface area contributed by atoms with Gasteiger partial charge in [0.05, 0.1) is 22.2 Å². The average Bonchev–Trinajstić information content (AvgIpc) is 2.24. The second kappa shape index (κ2) is 7.39. The Hall–Kier alpha value is -0.0600. The molecule has 0 saturated heterocycles. The predicted octanol–water partition coefficient (Wildman–Crippen LogP) is 3.72. The van der Waals surface area contributed by atoms with Crippen LogP contribution in [0.4, 0.5) is 4.39 Å². The highest BCUT2D eigenvalue weighted by atomic mass is 35.5. The van der Waals surface area contributed by atoms with Gasteiger partial charge in [-0.25, -0.2) is 4.39 Å². The van der Waals surface area contributed by atoms with E-state index in [0.717, 1.165) is 6.42 Å². The Balaban J connectivity index is 0.00000256. The van der Waals surface area contributed by atoms with E-state index in [-0.39, 0.29) is 28.0 Å². The van der Waals surface area contributed by atoms with Gasteiger partial charge in [-0.2, -0.15) is 0 Å². The summed E-state index contributed by atoms with van der Waals surface area (Å²) in [5.74, 6) is -0.544. The van der Waals surface area contributed by atoms with Gasteiger partial charge in [0.2, 0.25) is 0 Å². The molecule has 0 heterocycles. The van der Waals surface area contributed by atoms with Gasteiger partial charge >= 0.3 is 0 Å². The molecule has 0 unspecified atom stereocenters. The molecule has 17 heavy (non-hydrogen) atoms. The molecule has 3 N–H and O–H groups in total. The van der Waals surface area contributed by atoms with E-state index in [1.165, 1.54) is 12.1 Å². The lowest BCUT2D eigenvalue weighted by atomic mass is 9.98. The number of aliphatic hydroxyl groups excluding tert-OH is 1. The minimum absolute atomic E-state index is 0. The summed E-state index contributed by atoms with van der Waals surface area (Å²) >= 11 is 11.7. The molecule has 1 aromatic carbocycles. The van der Waals surface area contributed by atoms with Crippen LogP contribution in [0.2, 0.25) is 10.0 Å². The van der Waals surface area contributed by atoms with Crippen molar-refractivity contribution in [2.45, 2.75) is 31.9 Å². The van der Waals surface area contributed by atoms with Crippen molar-refractivity contribution in [3.63, 3.8) is 0 Å². The third-order valence-electron chi connectivity index (χ3n) is 2.41. The van der Waals surface area contributed by atoms with Crippen LogP contribution < -0.4 is 5.73 Å². The molecule has 0 aliphatic carbocycles. The first-order valence-electron chi connectivity index (χ1n) is 5.06. The van der Waals surface area contributed by atoms with Crippen LogP contribution >= 0.6 is 35.6 Å². The summed E-state index contributed by atoms with van der Waals surface area (Å²) in [5.41, 5.74) is 5.84. The van der Waals surface area contributed by atoms with Crippen LogP contribution in [0.25, 0.3) is 0 Å². The fraction of sp³-hybridized carbons (Fsp3) is 0.455. The molecule has 0 aromatic heterocycles. The number of hydrogen-bond donors (Lipinski definition) is 2. The zero-order valence-electron chi connectivity index (χ0n) is 9.29. The molecule has 2 atom stereocenters. The summed E-state index contributed by atoms with van der Waals surface area (Å²) in [5, 5.41) is 10.0. The molecule has 0 saturated carbocycles. The van der Waals surface area contributed by atoms with Crippen LogP contribution in [-0.2, 0) is 0 Å².